The molecule has 4 amide bonds. The number of aromatic hydroxyl groups is 1. The van der Waals surface area contributed by atoms with Gasteiger partial charge in [0.05, 0.1) is 33.9 Å². The molecule has 2 saturated heterocycles. The Hall–Kier alpha value is -3.52. The Labute approximate surface area is 223 Å². The van der Waals surface area contributed by atoms with Gasteiger partial charge in [-0.15, -0.1) is 0 Å². The number of rotatable bonds is 2. The summed E-state index contributed by atoms with van der Waals surface area (Å²) in [5, 5.41) is 10.00. The first-order valence-electron chi connectivity index (χ1n) is 12.6. The standard InChI is InChI=1S/C29H26ClFN2O5/c1-13-10-14(4-9-22(13)34)24-16-6-7-17-23(27(37)32(3)25(17)35)18(16)12-19-26(36)33(28(38)29(19,24)2)15-5-8-21(31)20(30)11-15/h4-6,8-11,17-19,23-24,34H,7,12H2,1-3H3. The maximum absolute atomic E-state index is 14.2. The number of carbonyl (C=O) groups excluding carboxylic acids is 4. The van der Waals surface area contributed by atoms with Gasteiger partial charge in [0.2, 0.25) is 23.6 Å². The fourth-order valence-corrected chi connectivity index (χ4v) is 7.46. The molecule has 4 aliphatic rings. The van der Waals surface area contributed by atoms with Crippen molar-refractivity contribution in [1.82, 2.24) is 4.90 Å². The van der Waals surface area contributed by atoms with Crippen LogP contribution >= 0.6 is 11.6 Å². The highest BCUT2D eigenvalue weighted by Gasteiger charge is 2.67. The molecule has 9 heteroatoms. The number of anilines is 1. The van der Waals surface area contributed by atoms with Crippen molar-refractivity contribution in [2.45, 2.75) is 32.6 Å². The van der Waals surface area contributed by atoms with E-state index < -0.39 is 52.6 Å². The van der Waals surface area contributed by atoms with E-state index in [1.165, 1.54) is 24.1 Å². The Morgan fingerprint density at radius 2 is 1.76 bits per heavy atom. The van der Waals surface area contributed by atoms with E-state index in [4.69, 9.17) is 11.6 Å². The second kappa shape index (κ2) is 8.24. The van der Waals surface area contributed by atoms with Gasteiger partial charge in [-0.25, -0.2) is 9.29 Å². The monoisotopic (exact) mass is 536 g/mol. The van der Waals surface area contributed by atoms with Gasteiger partial charge in [-0.2, -0.15) is 0 Å². The van der Waals surface area contributed by atoms with E-state index in [2.05, 4.69) is 0 Å². The Morgan fingerprint density at radius 3 is 2.45 bits per heavy atom. The first-order valence-corrected chi connectivity index (χ1v) is 13.0. The second-order valence-corrected chi connectivity index (χ2v) is 11.4. The Kier molecular flexibility index (Phi) is 5.38. The Morgan fingerprint density at radius 1 is 1.03 bits per heavy atom. The van der Waals surface area contributed by atoms with Crippen LogP contribution in [0, 0.1) is 41.8 Å². The van der Waals surface area contributed by atoms with E-state index in [1.807, 2.05) is 6.08 Å². The second-order valence-electron chi connectivity index (χ2n) is 11.0. The van der Waals surface area contributed by atoms with Crippen molar-refractivity contribution in [3.8, 4) is 5.75 Å². The number of amides is 4. The third kappa shape index (κ3) is 3.13. The molecule has 1 N–H and O–H groups in total. The quantitative estimate of drug-likeness (QED) is 0.455. The Balaban J connectivity index is 1.54. The molecular formula is C29H26ClFN2O5. The lowest BCUT2D eigenvalue weighted by atomic mass is 9.51. The zero-order valence-corrected chi connectivity index (χ0v) is 21.8. The third-order valence-electron chi connectivity index (χ3n) is 9.21. The van der Waals surface area contributed by atoms with E-state index >= 15 is 0 Å². The van der Waals surface area contributed by atoms with Gasteiger partial charge in [0, 0.05) is 13.0 Å². The number of likely N-dealkylation sites (tertiary alicyclic amines) is 1. The summed E-state index contributed by atoms with van der Waals surface area (Å²) in [7, 11) is 1.49. The first kappa shape index (κ1) is 24.8. The third-order valence-corrected chi connectivity index (χ3v) is 9.50. The highest BCUT2D eigenvalue weighted by Crippen LogP contribution is 2.63. The average Bonchev–Trinajstić information content (AvgIpc) is 3.22. The van der Waals surface area contributed by atoms with E-state index in [0.717, 1.165) is 22.1 Å². The number of allylic oxidation sites excluding steroid dienone is 2. The molecule has 6 rings (SSSR count). The summed E-state index contributed by atoms with van der Waals surface area (Å²) in [6.45, 7) is 3.53. The molecule has 2 aromatic rings. The van der Waals surface area contributed by atoms with Gasteiger partial charge in [0.25, 0.3) is 0 Å². The maximum Gasteiger partial charge on any atom is 0.241 e. The summed E-state index contributed by atoms with van der Waals surface area (Å²) in [5.74, 6) is -4.77. The largest absolute Gasteiger partial charge is 0.508 e. The van der Waals surface area contributed by atoms with Crippen molar-refractivity contribution in [2.75, 3.05) is 11.9 Å². The van der Waals surface area contributed by atoms with Gasteiger partial charge in [-0.3, -0.25) is 24.1 Å². The topological polar surface area (TPSA) is 95.0 Å². The predicted molar refractivity (Wildman–Crippen MR) is 137 cm³/mol. The molecule has 1 saturated carbocycles. The van der Waals surface area contributed by atoms with Gasteiger partial charge < -0.3 is 5.11 Å². The predicted octanol–water partition coefficient (Wildman–Crippen LogP) is 4.35. The molecule has 0 aromatic heterocycles. The van der Waals surface area contributed by atoms with Crippen LogP contribution in [0.2, 0.25) is 5.02 Å². The molecule has 2 aliphatic carbocycles. The zero-order valence-electron chi connectivity index (χ0n) is 21.1. The van der Waals surface area contributed by atoms with Crippen LogP contribution in [-0.2, 0) is 19.2 Å². The normalized spacial score (nSPS) is 32.3. The van der Waals surface area contributed by atoms with Crippen LogP contribution in [0.25, 0.3) is 0 Å². The van der Waals surface area contributed by atoms with Gasteiger partial charge in [-0.05, 0) is 68.0 Å². The number of carbonyl (C=O) groups is 4. The number of hydrogen-bond donors (Lipinski definition) is 1. The van der Waals surface area contributed by atoms with Crippen LogP contribution in [0.4, 0.5) is 10.1 Å². The van der Waals surface area contributed by atoms with E-state index in [1.54, 1.807) is 32.0 Å². The number of phenolic OH excluding ortho intramolecular Hbond substituents is 1. The lowest BCUT2D eigenvalue weighted by molar-refractivity contribution is -0.138. The molecule has 6 unspecified atom stereocenters. The van der Waals surface area contributed by atoms with Crippen LogP contribution in [0.5, 0.6) is 5.75 Å². The zero-order chi connectivity index (χ0) is 27.3. The van der Waals surface area contributed by atoms with Crippen molar-refractivity contribution in [3.05, 3.63) is 70.0 Å². The summed E-state index contributed by atoms with van der Waals surface area (Å²) in [4.78, 5) is 56.6. The van der Waals surface area contributed by atoms with E-state index in [0.29, 0.717) is 12.0 Å². The van der Waals surface area contributed by atoms with Gasteiger partial charge in [-0.1, -0.05) is 35.4 Å². The molecular weight excluding hydrogens is 511 g/mol. The summed E-state index contributed by atoms with van der Waals surface area (Å²) >= 11 is 6.00. The number of fused-ring (bicyclic) bond motifs is 4. The molecule has 2 heterocycles. The number of imide groups is 2. The van der Waals surface area contributed by atoms with Crippen molar-refractivity contribution in [1.29, 1.82) is 0 Å². The molecule has 0 radical (unpaired) electrons. The number of aryl methyl sites for hydroxylation is 1. The van der Waals surface area contributed by atoms with Crippen LogP contribution in [0.1, 0.15) is 36.8 Å². The molecule has 7 nitrogen and oxygen atoms in total. The molecule has 3 fully saturated rings. The van der Waals surface area contributed by atoms with Crippen molar-refractivity contribution >= 4 is 40.9 Å². The van der Waals surface area contributed by atoms with Crippen molar-refractivity contribution in [2.24, 2.45) is 29.1 Å². The van der Waals surface area contributed by atoms with Gasteiger partial charge in [0.15, 0.2) is 0 Å². The van der Waals surface area contributed by atoms with Crippen molar-refractivity contribution < 1.29 is 28.7 Å². The van der Waals surface area contributed by atoms with Crippen LogP contribution in [0.15, 0.2) is 48.0 Å². The highest BCUT2D eigenvalue weighted by atomic mass is 35.5. The first-order chi connectivity index (χ1) is 18.0. The fourth-order valence-electron chi connectivity index (χ4n) is 7.28. The molecule has 2 aromatic carbocycles. The SMILES string of the molecule is Cc1cc(C2C3=CCC4C(=O)N(C)C(=O)C4C3CC3C(=O)N(c4ccc(F)c(Cl)c4)C(=O)C32C)ccc1O. The number of nitrogens with zero attached hydrogens (tertiary/aromatic N) is 2. The minimum Gasteiger partial charge on any atom is -0.508 e. The van der Waals surface area contributed by atoms with Crippen LogP contribution in [0.3, 0.4) is 0 Å². The maximum atomic E-state index is 14.2. The van der Waals surface area contributed by atoms with Crippen LogP contribution in [-0.4, -0.2) is 40.7 Å². The average molecular weight is 537 g/mol. The van der Waals surface area contributed by atoms with E-state index in [-0.39, 0.29) is 34.7 Å². The molecule has 0 spiro atoms. The number of benzene rings is 2. The lowest BCUT2D eigenvalue weighted by Gasteiger charge is -2.49. The molecule has 38 heavy (non-hydrogen) atoms. The van der Waals surface area contributed by atoms with Crippen LogP contribution < -0.4 is 4.90 Å². The number of halogens is 2. The van der Waals surface area contributed by atoms with Gasteiger partial charge >= 0.3 is 0 Å². The summed E-state index contributed by atoms with van der Waals surface area (Å²) in [6, 6.07) is 8.86. The summed E-state index contributed by atoms with van der Waals surface area (Å²) in [6.07, 6.45) is 2.58. The fraction of sp³-hybridized carbons (Fsp3) is 0.379. The molecule has 196 valence electrons. The summed E-state index contributed by atoms with van der Waals surface area (Å²) < 4.78 is 13.9. The minimum absolute atomic E-state index is 0.107. The minimum atomic E-state index is -1.21. The van der Waals surface area contributed by atoms with Gasteiger partial charge in [0.1, 0.15) is 11.6 Å². The number of phenols is 1. The number of hydrogen-bond acceptors (Lipinski definition) is 5. The lowest BCUT2D eigenvalue weighted by Crippen LogP contribution is -2.48. The summed E-state index contributed by atoms with van der Waals surface area (Å²) in [5.41, 5.74) is 1.20. The molecule has 6 atom stereocenters. The van der Waals surface area contributed by atoms with Crippen molar-refractivity contribution in [3.63, 3.8) is 0 Å². The van der Waals surface area contributed by atoms with E-state index in [9.17, 15) is 28.7 Å². The Bertz CT molecular complexity index is 1490. The smallest absolute Gasteiger partial charge is 0.241 e. The highest BCUT2D eigenvalue weighted by molar-refractivity contribution is 6.31. The molecule has 0 bridgehead atoms. The molecule has 2 aliphatic heterocycles.